The Morgan fingerprint density at radius 3 is 2.15 bits per heavy atom. The first-order valence-electron chi connectivity index (χ1n) is 4.92. The average molecular weight is 307 g/mol. The third-order valence-corrected chi connectivity index (χ3v) is 2.07. The molecule has 0 aromatic heterocycles. The first-order valence-corrected chi connectivity index (χ1v) is 4.92. The molecule has 0 aliphatic carbocycles. The first-order chi connectivity index (χ1) is 9.03. The zero-order chi connectivity index (χ0) is 14.4. The van der Waals surface area contributed by atoms with Crippen LogP contribution in [0.3, 0.4) is 0 Å². The summed E-state index contributed by atoms with van der Waals surface area (Å²) in [5, 5.41) is 12.6. The molecule has 0 spiro atoms. The van der Waals surface area contributed by atoms with Crippen molar-refractivity contribution < 1.29 is 85.1 Å². The van der Waals surface area contributed by atoms with Gasteiger partial charge in [0.1, 0.15) is 0 Å². The van der Waals surface area contributed by atoms with Gasteiger partial charge in [-0.25, -0.2) is 4.79 Å². The summed E-state index contributed by atoms with van der Waals surface area (Å²) in [7, 11) is 2.71. The van der Waals surface area contributed by atoms with Crippen LogP contribution >= 0.6 is 0 Å². The van der Waals surface area contributed by atoms with Gasteiger partial charge in [-0.3, -0.25) is 4.79 Å². The van der Waals surface area contributed by atoms with Crippen molar-refractivity contribution in [3.63, 3.8) is 0 Å². The van der Waals surface area contributed by atoms with Gasteiger partial charge >= 0.3 is 57.4 Å². The average Bonchev–Trinajstić information content (AvgIpc) is 2.39. The van der Waals surface area contributed by atoms with Gasteiger partial charge < -0.3 is 29.4 Å². The van der Waals surface area contributed by atoms with Crippen LogP contribution in [0, 0.1) is 0 Å². The zero-order valence-corrected chi connectivity index (χ0v) is 14.2. The Morgan fingerprint density at radius 2 is 1.70 bits per heavy atom. The number of carboxylic acids is 1. The third kappa shape index (κ3) is 4.76. The van der Waals surface area contributed by atoms with Crippen LogP contribution in [-0.2, 0) is 14.4 Å². The van der Waals surface area contributed by atoms with Crippen molar-refractivity contribution in [3.05, 3.63) is 12.1 Å². The molecule has 0 unspecified atom stereocenters. The van der Waals surface area contributed by atoms with Gasteiger partial charge in [0.05, 0.1) is 19.9 Å². The van der Waals surface area contributed by atoms with Crippen molar-refractivity contribution in [2.45, 2.75) is 0 Å². The molecule has 1 rings (SSSR count). The molecule has 0 fully saturated rings. The number of methoxy groups -OCH3 is 2. The first kappa shape index (κ1) is 18.9. The fraction of sp³-hybridized carbons (Fsp3) is 0.182. The molecular weight excluding hydrogens is 297 g/mol. The topological polar surface area (TPSA) is 114 Å². The van der Waals surface area contributed by atoms with Crippen LogP contribution < -0.4 is 76.0 Å². The Kier molecular flexibility index (Phi) is 8.42. The number of anilines is 1. The molecule has 0 saturated carbocycles. The summed E-state index contributed by atoms with van der Waals surface area (Å²) in [5.74, 6) is -3.35. The minimum Gasteiger partial charge on any atom is -0.539 e. The van der Waals surface area contributed by atoms with E-state index in [9.17, 15) is 19.5 Å². The Balaban J connectivity index is 0.00000361. The number of carbonyl (C=O) groups is 3. The smallest absolute Gasteiger partial charge is 0.539 e. The predicted molar refractivity (Wildman–Crippen MR) is 59.9 cm³/mol. The molecule has 1 N–H and O–H groups in total. The summed E-state index contributed by atoms with van der Waals surface area (Å²) < 4.78 is 14.5. The van der Waals surface area contributed by atoms with Crippen LogP contribution in [0.15, 0.2) is 12.1 Å². The van der Waals surface area contributed by atoms with E-state index in [1.165, 1.54) is 26.4 Å². The van der Waals surface area contributed by atoms with Crippen LogP contribution in [0.5, 0.6) is 17.2 Å². The SMILES string of the molecule is COc1cc(NC=O)c(OC(=O)C(=O)[O-])cc1OC.[K+]. The van der Waals surface area contributed by atoms with Gasteiger partial charge in [0.25, 0.3) is 0 Å². The van der Waals surface area contributed by atoms with Gasteiger partial charge in [0.15, 0.2) is 23.2 Å². The molecule has 9 heteroatoms. The number of hydrogen-bond donors (Lipinski definition) is 1. The fourth-order valence-corrected chi connectivity index (χ4v) is 1.26. The largest absolute Gasteiger partial charge is 1.00 e. The van der Waals surface area contributed by atoms with Crippen LogP contribution in [0.1, 0.15) is 0 Å². The number of ether oxygens (including phenoxy) is 3. The standard InChI is InChI=1S/C11H11NO7.K/c1-17-8-3-6(12-5-13)7(4-9(8)18-2)19-11(16)10(14)15;/h3-5H,1-2H3,(H,12,13)(H,14,15);/q;+1/p-1. The normalized spacial score (nSPS) is 8.90. The second kappa shape index (κ2) is 8.92. The van der Waals surface area contributed by atoms with Gasteiger partial charge in [-0.2, -0.15) is 0 Å². The Bertz CT molecular complexity index is 518. The molecule has 0 aliphatic heterocycles. The minimum atomic E-state index is -2.01. The van der Waals surface area contributed by atoms with E-state index in [0.717, 1.165) is 0 Å². The Labute approximate surface area is 156 Å². The predicted octanol–water partition coefficient (Wildman–Crippen LogP) is -4.07. The van der Waals surface area contributed by atoms with E-state index in [1.54, 1.807) is 0 Å². The van der Waals surface area contributed by atoms with Crippen molar-refractivity contribution in [2.24, 2.45) is 0 Å². The van der Waals surface area contributed by atoms with Crippen molar-refractivity contribution in [1.29, 1.82) is 0 Å². The summed E-state index contributed by atoms with van der Waals surface area (Å²) in [5.41, 5.74) is 0.0438. The minimum absolute atomic E-state index is 0. The summed E-state index contributed by atoms with van der Waals surface area (Å²) in [6.07, 6.45) is 0.331. The van der Waals surface area contributed by atoms with Crippen LogP contribution in [-0.4, -0.2) is 32.6 Å². The maximum atomic E-state index is 11.0. The molecule has 0 heterocycles. The second-order valence-electron chi connectivity index (χ2n) is 3.14. The van der Waals surface area contributed by atoms with E-state index in [1.807, 2.05) is 0 Å². The molecular formula is C11H10KNO7. The molecule has 102 valence electrons. The van der Waals surface area contributed by atoms with Crippen molar-refractivity contribution in [1.82, 2.24) is 0 Å². The van der Waals surface area contributed by atoms with Gasteiger partial charge in [-0.1, -0.05) is 0 Å². The quantitative estimate of drug-likeness (QED) is 0.193. The number of aliphatic carboxylic acids is 1. The number of rotatable bonds is 5. The summed E-state index contributed by atoms with van der Waals surface area (Å²) >= 11 is 0. The van der Waals surface area contributed by atoms with Crippen LogP contribution in [0.2, 0.25) is 0 Å². The third-order valence-electron chi connectivity index (χ3n) is 2.07. The number of amides is 1. The number of nitrogens with one attached hydrogen (secondary N) is 1. The molecule has 20 heavy (non-hydrogen) atoms. The van der Waals surface area contributed by atoms with Crippen LogP contribution in [0.25, 0.3) is 0 Å². The molecule has 0 atom stereocenters. The van der Waals surface area contributed by atoms with E-state index in [4.69, 9.17) is 9.47 Å². The van der Waals surface area contributed by atoms with E-state index in [0.29, 0.717) is 6.41 Å². The molecule has 8 nitrogen and oxygen atoms in total. The van der Waals surface area contributed by atoms with Gasteiger partial charge in [0.2, 0.25) is 6.41 Å². The number of hydrogen-bond acceptors (Lipinski definition) is 7. The molecule has 0 aliphatic rings. The van der Waals surface area contributed by atoms with Crippen molar-refractivity contribution >= 4 is 24.0 Å². The molecule has 0 saturated heterocycles. The molecule has 1 aromatic carbocycles. The summed E-state index contributed by atoms with van der Waals surface area (Å²) in [4.78, 5) is 31.7. The van der Waals surface area contributed by atoms with Crippen molar-refractivity contribution in [3.8, 4) is 17.2 Å². The summed E-state index contributed by atoms with van der Waals surface area (Å²) in [6, 6.07) is 2.51. The van der Waals surface area contributed by atoms with Gasteiger partial charge in [-0.15, -0.1) is 0 Å². The maximum Gasteiger partial charge on any atom is 1.00 e. The number of carbonyl (C=O) groups excluding carboxylic acids is 3. The van der Waals surface area contributed by atoms with Crippen molar-refractivity contribution in [2.75, 3.05) is 19.5 Å². The van der Waals surface area contributed by atoms with E-state index in [-0.39, 0.29) is 74.3 Å². The molecule has 0 radical (unpaired) electrons. The van der Waals surface area contributed by atoms with Gasteiger partial charge in [-0.05, 0) is 0 Å². The van der Waals surface area contributed by atoms with E-state index >= 15 is 0 Å². The monoisotopic (exact) mass is 307 g/mol. The number of benzene rings is 1. The second-order valence-corrected chi connectivity index (χ2v) is 3.14. The van der Waals surface area contributed by atoms with E-state index < -0.39 is 11.9 Å². The fourth-order valence-electron chi connectivity index (χ4n) is 1.26. The molecule has 1 aromatic rings. The summed E-state index contributed by atoms with van der Waals surface area (Å²) in [6.45, 7) is 0. The Hall–Kier alpha value is -1.13. The van der Waals surface area contributed by atoms with Gasteiger partial charge in [0, 0.05) is 12.1 Å². The van der Waals surface area contributed by atoms with Crippen LogP contribution in [0.4, 0.5) is 5.69 Å². The van der Waals surface area contributed by atoms with E-state index in [2.05, 4.69) is 10.1 Å². The maximum absolute atomic E-state index is 11.0. The number of carboxylic acid groups (broad SMARTS) is 1. The number of esters is 1. The Morgan fingerprint density at radius 1 is 1.15 bits per heavy atom. The molecule has 1 amide bonds. The zero-order valence-electron chi connectivity index (χ0n) is 11.1. The molecule has 0 bridgehead atoms.